The normalized spacial score (nSPS) is 12.6. The largest absolute Gasteiger partial charge is 0.457 e. The zero-order valence-corrected chi connectivity index (χ0v) is 17.6. The Kier molecular flexibility index (Phi) is 5.65. The highest BCUT2D eigenvalue weighted by molar-refractivity contribution is 6.44. The van der Waals surface area contributed by atoms with Gasteiger partial charge in [-0.25, -0.2) is 9.69 Å². The Hall–Kier alpha value is -3.75. The van der Waals surface area contributed by atoms with E-state index in [1.165, 1.54) is 48.5 Å². The molecule has 0 saturated heterocycles. The minimum Gasteiger partial charge on any atom is -0.457 e. The van der Waals surface area contributed by atoms with Crippen LogP contribution in [0.3, 0.4) is 0 Å². The number of ether oxygens (including phenoxy) is 1. The van der Waals surface area contributed by atoms with Crippen LogP contribution < -0.4 is 4.90 Å². The Morgan fingerprint density at radius 1 is 0.938 bits per heavy atom. The molecule has 0 saturated carbocycles. The molecule has 0 unspecified atom stereocenters. The molecule has 32 heavy (non-hydrogen) atoms. The number of carbonyl (C=O) groups is 3. The number of hydrogen-bond donors (Lipinski definition) is 0. The number of benzene rings is 3. The van der Waals surface area contributed by atoms with Crippen molar-refractivity contribution in [2.75, 3.05) is 4.90 Å². The predicted molar refractivity (Wildman–Crippen MR) is 116 cm³/mol. The van der Waals surface area contributed by atoms with Gasteiger partial charge in [-0.2, -0.15) is 0 Å². The molecule has 3 aromatic rings. The van der Waals surface area contributed by atoms with Crippen LogP contribution in [-0.2, 0) is 11.3 Å². The van der Waals surface area contributed by atoms with Crippen molar-refractivity contribution in [2.45, 2.75) is 6.61 Å². The molecular formula is C22H12Cl2N2O6. The number of nitro groups is 1. The highest BCUT2D eigenvalue weighted by Crippen LogP contribution is 2.35. The molecule has 0 aliphatic carbocycles. The van der Waals surface area contributed by atoms with E-state index < -0.39 is 22.7 Å². The molecule has 4 rings (SSSR count). The van der Waals surface area contributed by atoms with Gasteiger partial charge in [0.1, 0.15) is 6.61 Å². The number of fused-ring (bicyclic) bond motifs is 1. The maximum Gasteiger partial charge on any atom is 0.340 e. The minimum atomic E-state index is -0.855. The lowest BCUT2D eigenvalue weighted by molar-refractivity contribution is -0.385. The molecule has 10 heteroatoms. The lowest BCUT2D eigenvalue weighted by atomic mass is 10.1. The van der Waals surface area contributed by atoms with E-state index in [9.17, 15) is 24.5 Å². The molecule has 0 radical (unpaired) electrons. The summed E-state index contributed by atoms with van der Waals surface area (Å²) in [7, 11) is 0. The van der Waals surface area contributed by atoms with Gasteiger partial charge < -0.3 is 4.74 Å². The van der Waals surface area contributed by atoms with Crippen molar-refractivity contribution in [1.29, 1.82) is 0 Å². The molecule has 1 aliphatic rings. The van der Waals surface area contributed by atoms with Crippen molar-refractivity contribution in [3.63, 3.8) is 0 Å². The highest BCUT2D eigenvalue weighted by Gasteiger charge is 2.39. The molecular weight excluding hydrogens is 459 g/mol. The van der Waals surface area contributed by atoms with E-state index in [0.29, 0.717) is 0 Å². The molecule has 0 spiro atoms. The molecule has 3 aromatic carbocycles. The summed E-state index contributed by atoms with van der Waals surface area (Å²) in [6.45, 7) is -0.363. The van der Waals surface area contributed by atoms with Crippen LogP contribution in [0.25, 0.3) is 0 Å². The second-order valence-corrected chi connectivity index (χ2v) is 7.55. The number of esters is 1. The van der Waals surface area contributed by atoms with Gasteiger partial charge in [0.25, 0.3) is 17.5 Å². The van der Waals surface area contributed by atoms with Crippen LogP contribution >= 0.6 is 23.2 Å². The van der Waals surface area contributed by atoms with E-state index in [0.717, 1.165) is 4.90 Å². The average Bonchev–Trinajstić information content (AvgIpc) is 3.01. The zero-order valence-electron chi connectivity index (χ0n) is 16.1. The van der Waals surface area contributed by atoms with Crippen molar-refractivity contribution in [2.24, 2.45) is 0 Å². The minimum absolute atomic E-state index is 0.0125. The first-order valence-electron chi connectivity index (χ1n) is 9.16. The Bertz CT molecular complexity index is 1270. The summed E-state index contributed by atoms with van der Waals surface area (Å²) >= 11 is 12.0. The van der Waals surface area contributed by atoms with E-state index in [-0.39, 0.29) is 50.3 Å². The summed E-state index contributed by atoms with van der Waals surface area (Å²) in [5.74, 6) is -2.18. The summed E-state index contributed by atoms with van der Waals surface area (Å²) in [4.78, 5) is 50.1. The summed E-state index contributed by atoms with van der Waals surface area (Å²) < 4.78 is 5.26. The number of rotatable bonds is 5. The number of hydrogen-bond acceptors (Lipinski definition) is 6. The highest BCUT2D eigenvalue weighted by atomic mass is 35.5. The Labute approximate surface area is 191 Å². The molecule has 1 aliphatic heterocycles. The predicted octanol–water partition coefficient (Wildman–Crippen LogP) is 5.06. The van der Waals surface area contributed by atoms with Gasteiger partial charge in [0.2, 0.25) is 0 Å². The molecule has 2 amide bonds. The quantitative estimate of drug-likeness (QED) is 0.223. The van der Waals surface area contributed by atoms with E-state index in [4.69, 9.17) is 27.9 Å². The fourth-order valence-corrected chi connectivity index (χ4v) is 3.65. The second-order valence-electron chi connectivity index (χ2n) is 6.74. The van der Waals surface area contributed by atoms with Crippen LogP contribution in [0.4, 0.5) is 11.4 Å². The number of imide groups is 1. The third-order valence-corrected chi connectivity index (χ3v) is 5.56. The maximum absolute atomic E-state index is 12.9. The smallest absolute Gasteiger partial charge is 0.340 e. The summed E-state index contributed by atoms with van der Waals surface area (Å²) in [5, 5.41) is 11.4. The first-order valence-corrected chi connectivity index (χ1v) is 9.91. The molecule has 0 bridgehead atoms. The summed E-state index contributed by atoms with van der Waals surface area (Å²) in [6.07, 6.45) is 0. The molecule has 0 fully saturated rings. The lowest BCUT2D eigenvalue weighted by Crippen LogP contribution is -2.31. The number of para-hydroxylation sites is 2. The van der Waals surface area contributed by atoms with Gasteiger partial charge in [0, 0.05) is 6.07 Å². The van der Waals surface area contributed by atoms with E-state index >= 15 is 0 Å². The first-order chi connectivity index (χ1) is 15.3. The van der Waals surface area contributed by atoms with Gasteiger partial charge in [-0.3, -0.25) is 19.7 Å². The van der Waals surface area contributed by atoms with Crippen LogP contribution in [0.1, 0.15) is 36.6 Å². The van der Waals surface area contributed by atoms with Gasteiger partial charge in [-0.15, -0.1) is 0 Å². The van der Waals surface area contributed by atoms with Crippen molar-refractivity contribution in [3.05, 3.63) is 103 Å². The van der Waals surface area contributed by atoms with Crippen LogP contribution in [0.5, 0.6) is 0 Å². The third kappa shape index (κ3) is 3.70. The van der Waals surface area contributed by atoms with Crippen molar-refractivity contribution < 1.29 is 24.0 Å². The first kappa shape index (κ1) is 21.5. The van der Waals surface area contributed by atoms with Crippen molar-refractivity contribution in [1.82, 2.24) is 0 Å². The lowest BCUT2D eigenvalue weighted by Gasteiger charge is -2.17. The number of halogens is 2. The van der Waals surface area contributed by atoms with Gasteiger partial charge >= 0.3 is 5.97 Å². The maximum atomic E-state index is 12.9. The molecule has 8 nitrogen and oxygen atoms in total. The van der Waals surface area contributed by atoms with Crippen molar-refractivity contribution >= 4 is 52.4 Å². The Morgan fingerprint density at radius 3 is 2.12 bits per heavy atom. The Morgan fingerprint density at radius 2 is 1.50 bits per heavy atom. The summed E-state index contributed by atoms with van der Waals surface area (Å²) in [6, 6.07) is 14.4. The van der Waals surface area contributed by atoms with Crippen LogP contribution in [0.15, 0.2) is 60.7 Å². The third-order valence-electron chi connectivity index (χ3n) is 4.84. The SMILES string of the molecule is O=C(OCc1ccccc1[N+](=O)[O-])c1ccccc1N1C(=O)c2cc(Cl)c(Cl)cc2C1=O. The fourth-order valence-electron chi connectivity index (χ4n) is 3.33. The zero-order chi connectivity index (χ0) is 23.0. The number of carbonyl (C=O) groups excluding carboxylic acids is 3. The van der Waals surface area contributed by atoms with Gasteiger partial charge in [-0.1, -0.05) is 47.5 Å². The molecule has 1 heterocycles. The van der Waals surface area contributed by atoms with Crippen molar-refractivity contribution in [3.8, 4) is 0 Å². The molecule has 160 valence electrons. The molecule has 0 N–H and O–H groups in total. The standard InChI is InChI=1S/C22H12Cl2N2O6/c23-16-9-14-15(10-17(16)24)21(28)25(20(14)27)19-8-4-2-6-13(19)22(29)32-11-12-5-1-3-7-18(12)26(30)31/h1-10H,11H2. The van der Waals surface area contributed by atoms with Crippen LogP contribution in [0, 0.1) is 10.1 Å². The summed E-state index contributed by atoms with van der Waals surface area (Å²) in [5.41, 5.74) is 0.0901. The Balaban J connectivity index is 1.64. The van der Waals surface area contributed by atoms with Gasteiger partial charge in [0.15, 0.2) is 0 Å². The van der Waals surface area contributed by atoms with Crippen LogP contribution in [-0.4, -0.2) is 22.7 Å². The molecule has 0 aromatic heterocycles. The number of amides is 2. The fraction of sp³-hybridized carbons (Fsp3) is 0.0455. The molecule has 0 atom stereocenters. The van der Waals surface area contributed by atoms with Gasteiger partial charge in [-0.05, 0) is 30.3 Å². The average molecular weight is 471 g/mol. The van der Waals surface area contributed by atoms with E-state index in [1.54, 1.807) is 12.1 Å². The van der Waals surface area contributed by atoms with E-state index in [1.807, 2.05) is 0 Å². The number of nitro benzene ring substituents is 1. The topological polar surface area (TPSA) is 107 Å². The van der Waals surface area contributed by atoms with E-state index in [2.05, 4.69) is 0 Å². The monoisotopic (exact) mass is 470 g/mol. The number of nitrogens with zero attached hydrogens (tertiary/aromatic N) is 2. The second kappa shape index (κ2) is 8.41. The number of anilines is 1. The van der Waals surface area contributed by atoms with Crippen LogP contribution in [0.2, 0.25) is 10.0 Å². The van der Waals surface area contributed by atoms with Gasteiger partial charge in [0.05, 0.1) is 42.9 Å².